The molecule has 1 aromatic heterocycles. The van der Waals surface area contributed by atoms with Crippen molar-refractivity contribution in [2.45, 2.75) is 12.1 Å². The maximum absolute atomic E-state index is 8.63. The summed E-state index contributed by atoms with van der Waals surface area (Å²) >= 11 is 0. The molecule has 0 amide bonds. The van der Waals surface area contributed by atoms with Crippen LogP contribution in [0.1, 0.15) is 5.56 Å². The standard InChI is InChI=1S/C10H10N4/c11-3-7-1-2-10(13-4-7)14-6-8-9(14)5-12-8/h1-2,4,8-9,12H,5-6H2/t8-,9?/m0/s1. The fourth-order valence-electron chi connectivity index (χ4n) is 2.00. The molecular weight excluding hydrogens is 176 g/mol. The molecule has 0 aromatic carbocycles. The van der Waals surface area contributed by atoms with Crippen molar-refractivity contribution in [1.29, 1.82) is 5.26 Å². The minimum atomic E-state index is 0.623. The normalized spacial score (nSPS) is 28.4. The van der Waals surface area contributed by atoms with Gasteiger partial charge in [0, 0.05) is 25.3 Å². The number of fused-ring (bicyclic) bond motifs is 1. The maximum Gasteiger partial charge on any atom is 0.128 e. The van der Waals surface area contributed by atoms with Gasteiger partial charge in [-0.05, 0) is 12.1 Å². The molecule has 2 aliphatic rings. The van der Waals surface area contributed by atoms with E-state index in [2.05, 4.69) is 21.3 Å². The molecule has 4 heteroatoms. The van der Waals surface area contributed by atoms with Crippen molar-refractivity contribution in [3.05, 3.63) is 23.9 Å². The third-order valence-electron chi connectivity index (χ3n) is 3.02. The van der Waals surface area contributed by atoms with Gasteiger partial charge < -0.3 is 10.2 Å². The van der Waals surface area contributed by atoms with Gasteiger partial charge in [0.1, 0.15) is 11.9 Å². The van der Waals surface area contributed by atoms with E-state index in [1.807, 2.05) is 12.1 Å². The van der Waals surface area contributed by atoms with Gasteiger partial charge in [-0.1, -0.05) is 0 Å². The molecule has 0 aliphatic carbocycles. The van der Waals surface area contributed by atoms with Crippen LogP contribution in [0, 0.1) is 11.3 Å². The minimum absolute atomic E-state index is 0.623. The van der Waals surface area contributed by atoms with Crippen molar-refractivity contribution in [3.8, 4) is 6.07 Å². The Hall–Kier alpha value is -1.60. The number of nitrogens with zero attached hydrogens (tertiary/aromatic N) is 3. The number of hydrogen-bond donors (Lipinski definition) is 1. The molecule has 0 spiro atoms. The number of hydrogen-bond acceptors (Lipinski definition) is 4. The van der Waals surface area contributed by atoms with E-state index in [9.17, 15) is 0 Å². The van der Waals surface area contributed by atoms with Crippen LogP contribution in [0.25, 0.3) is 0 Å². The van der Waals surface area contributed by atoms with Gasteiger partial charge >= 0.3 is 0 Å². The molecule has 2 saturated heterocycles. The number of nitrogens with one attached hydrogen (secondary N) is 1. The predicted molar refractivity (Wildman–Crippen MR) is 51.9 cm³/mol. The largest absolute Gasteiger partial charge is 0.349 e. The van der Waals surface area contributed by atoms with Crippen LogP contribution in [-0.2, 0) is 0 Å². The van der Waals surface area contributed by atoms with Gasteiger partial charge in [0.05, 0.1) is 11.6 Å². The first-order valence-electron chi connectivity index (χ1n) is 4.74. The molecule has 2 atom stereocenters. The molecular formula is C10H10N4. The fraction of sp³-hybridized carbons (Fsp3) is 0.400. The zero-order chi connectivity index (χ0) is 9.54. The topological polar surface area (TPSA) is 52.0 Å². The third kappa shape index (κ3) is 0.932. The number of nitriles is 1. The fourth-order valence-corrected chi connectivity index (χ4v) is 2.00. The molecule has 2 aliphatic heterocycles. The lowest BCUT2D eigenvalue weighted by Gasteiger charge is -2.56. The van der Waals surface area contributed by atoms with Crippen molar-refractivity contribution in [3.63, 3.8) is 0 Å². The van der Waals surface area contributed by atoms with Crippen molar-refractivity contribution >= 4 is 5.82 Å². The van der Waals surface area contributed by atoms with E-state index in [0.717, 1.165) is 18.9 Å². The van der Waals surface area contributed by atoms with Crippen molar-refractivity contribution in [2.24, 2.45) is 0 Å². The predicted octanol–water partition coefficient (Wildman–Crippen LogP) is 0.114. The van der Waals surface area contributed by atoms with Crippen LogP contribution in [0.15, 0.2) is 18.3 Å². The summed E-state index contributed by atoms with van der Waals surface area (Å²) in [6.45, 7) is 2.11. The monoisotopic (exact) mass is 186 g/mol. The molecule has 1 aromatic rings. The Morgan fingerprint density at radius 1 is 1.57 bits per heavy atom. The summed E-state index contributed by atoms with van der Waals surface area (Å²) in [7, 11) is 0. The number of pyridine rings is 1. The molecule has 3 heterocycles. The average Bonchev–Trinajstić information content (AvgIpc) is 2.22. The Morgan fingerprint density at radius 2 is 2.50 bits per heavy atom. The Kier molecular flexibility index (Phi) is 1.49. The van der Waals surface area contributed by atoms with Crippen LogP contribution < -0.4 is 10.2 Å². The van der Waals surface area contributed by atoms with E-state index < -0.39 is 0 Å². The zero-order valence-corrected chi connectivity index (χ0v) is 7.64. The molecule has 4 nitrogen and oxygen atoms in total. The second-order valence-corrected chi connectivity index (χ2v) is 3.75. The summed E-state index contributed by atoms with van der Waals surface area (Å²) < 4.78 is 0. The van der Waals surface area contributed by atoms with E-state index in [0.29, 0.717) is 17.6 Å². The highest BCUT2D eigenvalue weighted by molar-refractivity contribution is 5.48. The Morgan fingerprint density at radius 3 is 2.93 bits per heavy atom. The SMILES string of the molecule is N#Cc1ccc(N2C[C@@H]3NCC32)nc1. The van der Waals surface area contributed by atoms with E-state index in [-0.39, 0.29) is 0 Å². The summed E-state index contributed by atoms with van der Waals surface area (Å²) in [5, 5.41) is 12.0. The number of piperazine rings is 1. The van der Waals surface area contributed by atoms with Gasteiger partial charge in [-0.25, -0.2) is 4.98 Å². The van der Waals surface area contributed by atoms with Crippen LogP contribution in [0.5, 0.6) is 0 Å². The number of anilines is 1. The lowest BCUT2D eigenvalue weighted by molar-refractivity contribution is 0.211. The summed E-state index contributed by atoms with van der Waals surface area (Å²) in [4.78, 5) is 6.55. The van der Waals surface area contributed by atoms with Crippen LogP contribution in [0.3, 0.4) is 0 Å². The first-order chi connectivity index (χ1) is 6.88. The van der Waals surface area contributed by atoms with Gasteiger partial charge in [-0.3, -0.25) is 0 Å². The van der Waals surface area contributed by atoms with Gasteiger partial charge in [-0.15, -0.1) is 0 Å². The van der Waals surface area contributed by atoms with E-state index in [4.69, 9.17) is 5.26 Å². The van der Waals surface area contributed by atoms with Crippen molar-refractivity contribution in [2.75, 3.05) is 18.0 Å². The Bertz CT molecular complexity index is 392. The van der Waals surface area contributed by atoms with Crippen LogP contribution in [0.2, 0.25) is 0 Å². The highest BCUT2D eigenvalue weighted by Crippen LogP contribution is 2.29. The molecule has 3 rings (SSSR count). The Labute approximate surface area is 82.2 Å². The van der Waals surface area contributed by atoms with Crippen LogP contribution in [-0.4, -0.2) is 30.2 Å². The van der Waals surface area contributed by atoms with Gasteiger partial charge in [0.25, 0.3) is 0 Å². The quantitative estimate of drug-likeness (QED) is 0.676. The van der Waals surface area contributed by atoms with Gasteiger partial charge in [0.15, 0.2) is 0 Å². The highest BCUT2D eigenvalue weighted by Gasteiger charge is 2.45. The maximum atomic E-state index is 8.63. The third-order valence-corrected chi connectivity index (χ3v) is 3.02. The smallest absolute Gasteiger partial charge is 0.128 e. The molecule has 0 saturated carbocycles. The summed E-state index contributed by atoms with van der Waals surface area (Å²) in [5.74, 6) is 0.992. The molecule has 0 radical (unpaired) electrons. The van der Waals surface area contributed by atoms with Crippen molar-refractivity contribution < 1.29 is 0 Å². The first kappa shape index (κ1) is 7.77. The highest BCUT2D eigenvalue weighted by atomic mass is 15.4. The van der Waals surface area contributed by atoms with E-state index in [1.165, 1.54) is 0 Å². The number of rotatable bonds is 1. The molecule has 0 bridgehead atoms. The van der Waals surface area contributed by atoms with E-state index in [1.54, 1.807) is 6.20 Å². The summed E-state index contributed by atoms with van der Waals surface area (Å²) in [6, 6.07) is 7.12. The lowest BCUT2D eigenvalue weighted by Crippen LogP contribution is -2.78. The van der Waals surface area contributed by atoms with Crippen LogP contribution >= 0.6 is 0 Å². The Balaban J connectivity index is 1.81. The van der Waals surface area contributed by atoms with Crippen LogP contribution in [0.4, 0.5) is 5.82 Å². The molecule has 14 heavy (non-hydrogen) atoms. The molecule has 70 valence electrons. The summed E-state index contributed by atoms with van der Waals surface area (Å²) in [5.41, 5.74) is 0.623. The minimum Gasteiger partial charge on any atom is -0.349 e. The second kappa shape index (κ2) is 2.69. The first-order valence-corrected chi connectivity index (χ1v) is 4.74. The lowest BCUT2D eigenvalue weighted by atomic mass is 9.89. The van der Waals surface area contributed by atoms with Gasteiger partial charge in [0.2, 0.25) is 0 Å². The number of aromatic nitrogens is 1. The summed E-state index contributed by atoms with van der Waals surface area (Å²) in [6.07, 6.45) is 1.63. The molecule has 2 fully saturated rings. The second-order valence-electron chi connectivity index (χ2n) is 3.75. The van der Waals surface area contributed by atoms with Crippen molar-refractivity contribution in [1.82, 2.24) is 10.3 Å². The van der Waals surface area contributed by atoms with Gasteiger partial charge in [-0.2, -0.15) is 5.26 Å². The van der Waals surface area contributed by atoms with E-state index >= 15 is 0 Å². The zero-order valence-electron chi connectivity index (χ0n) is 7.64. The molecule has 1 N–H and O–H groups in total. The average molecular weight is 186 g/mol. The molecule has 1 unspecified atom stereocenters.